The van der Waals surface area contributed by atoms with E-state index >= 15 is 0 Å². The zero-order chi connectivity index (χ0) is 17.2. The van der Waals surface area contributed by atoms with E-state index in [2.05, 4.69) is 9.97 Å². The predicted molar refractivity (Wildman–Crippen MR) is 92.4 cm³/mol. The normalized spacial score (nSPS) is 16.5. The van der Waals surface area contributed by atoms with Crippen molar-refractivity contribution in [1.82, 2.24) is 14.9 Å². The topological polar surface area (TPSA) is 49.0 Å². The fraction of sp³-hybridized carbons (Fsp3) is 0.200. The van der Waals surface area contributed by atoms with Gasteiger partial charge >= 0.3 is 0 Å². The van der Waals surface area contributed by atoms with Gasteiger partial charge in [-0.3, -0.25) is 4.79 Å². The Labute approximate surface area is 145 Å². The number of carbonyl (C=O) groups is 1. The third-order valence-electron chi connectivity index (χ3n) is 4.63. The molecule has 0 saturated heterocycles. The van der Waals surface area contributed by atoms with Gasteiger partial charge in [-0.25, -0.2) is 9.37 Å². The molecule has 126 valence electrons. The Morgan fingerprint density at radius 2 is 1.92 bits per heavy atom. The molecule has 0 fully saturated rings. The molecule has 0 spiro atoms. The number of aromatic amines is 1. The van der Waals surface area contributed by atoms with E-state index in [0.29, 0.717) is 6.54 Å². The summed E-state index contributed by atoms with van der Waals surface area (Å²) in [5.74, 6) is -0.272. The highest BCUT2D eigenvalue weighted by molar-refractivity contribution is 5.80. The van der Waals surface area contributed by atoms with Gasteiger partial charge in [0.05, 0.1) is 18.4 Å². The van der Waals surface area contributed by atoms with Crippen LogP contribution in [0.15, 0.2) is 60.9 Å². The van der Waals surface area contributed by atoms with Crippen LogP contribution in [0.25, 0.3) is 0 Å². The maximum absolute atomic E-state index is 13.1. The first-order chi connectivity index (χ1) is 12.2. The monoisotopic (exact) mass is 335 g/mol. The van der Waals surface area contributed by atoms with Gasteiger partial charge in [-0.15, -0.1) is 0 Å². The molecule has 25 heavy (non-hydrogen) atoms. The second kappa shape index (κ2) is 6.51. The smallest absolute Gasteiger partial charge is 0.227 e. The summed E-state index contributed by atoms with van der Waals surface area (Å²) >= 11 is 0. The zero-order valence-electron chi connectivity index (χ0n) is 13.7. The summed E-state index contributed by atoms with van der Waals surface area (Å²) in [6.07, 6.45) is 2.70. The molecule has 1 amide bonds. The van der Waals surface area contributed by atoms with Crippen molar-refractivity contribution in [3.05, 3.63) is 89.3 Å². The van der Waals surface area contributed by atoms with Crippen LogP contribution in [-0.2, 0) is 17.6 Å². The molecule has 0 bridgehead atoms. The molecule has 1 aliphatic rings. The van der Waals surface area contributed by atoms with E-state index in [-0.39, 0.29) is 24.2 Å². The lowest BCUT2D eigenvalue weighted by Gasteiger charge is -2.35. The third kappa shape index (κ3) is 3.05. The Kier molecular flexibility index (Phi) is 4.06. The summed E-state index contributed by atoms with van der Waals surface area (Å²) < 4.78 is 13.1. The van der Waals surface area contributed by atoms with E-state index in [1.54, 1.807) is 18.5 Å². The molecule has 2 heterocycles. The number of imidazole rings is 1. The lowest BCUT2D eigenvalue weighted by Crippen LogP contribution is -2.41. The number of hydrogen-bond donors (Lipinski definition) is 1. The number of hydrogen-bond acceptors (Lipinski definition) is 2. The molecule has 1 N–H and O–H groups in total. The molecular formula is C20H18FN3O. The number of H-pyrrole nitrogens is 1. The molecular weight excluding hydrogens is 317 g/mol. The number of halogens is 1. The molecule has 2 aromatic carbocycles. The van der Waals surface area contributed by atoms with Crippen LogP contribution in [0.3, 0.4) is 0 Å². The van der Waals surface area contributed by atoms with Crippen LogP contribution >= 0.6 is 0 Å². The van der Waals surface area contributed by atoms with E-state index in [1.807, 2.05) is 35.2 Å². The zero-order valence-corrected chi connectivity index (χ0v) is 13.7. The van der Waals surface area contributed by atoms with E-state index in [0.717, 1.165) is 28.9 Å². The van der Waals surface area contributed by atoms with Crippen LogP contribution in [-0.4, -0.2) is 27.3 Å². The van der Waals surface area contributed by atoms with Crippen molar-refractivity contribution < 1.29 is 9.18 Å². The molecule has 1 aromatic heterocycles. The van der Waals surface area contributed by atoms with Gasteiger partial charge in [-0.1, -0.05) is 42.5 Å². The van der Waals surface area contributed by atoms with Crippen molar-refractivity contribution in [3.8, 4) is 0 Å². The average Bonchev–Trinajstić information content (AvgIpc) is 3.12. The van der Waals surface area contributed by atoms with Crippen LogP contribution in [0.5, 0.6) is 0 Å². The lowest BCUT2D eigenvalue weighted by atomic mass is 9.95. The van der Waals surface area contributed by atoms with Crippen molar-refractivity contribution in [2.24, 2.45) is 0 Å². The third-order valence-corrected chi connectivity index (χ3v) is 4.63. The van der Waals surface area contributed by atoms with E-state index in [9.17, 15) is 9.18 Å². The quantitative estimate of drug-likeness (QED) is 0.799. The fourth-order valence-electron chi connectivity index (χ4n) is 3.40. The number of fused-ring (bicyclic) bond motifs is 1. The molecule has 1 atom stereocenters. The van der Waals surface area contributed by atoms with Crippen LogP contribution in [0.4, 0.5) is 4.39 Å². The molecule has 0 radical (unpaired) electrons. The molecule has 0 aliphatic carbocycles. The van der Waals surface area contributed by atoms with Crippen molar-refractivity contribution in [3.63, 3.8) is 0 Å². The van der Waals surface area contributed by atoms with Gasteiger partial charge in [0.15, 0.2) is 0 Å². The highest BCUT2D eigenvalue weighted by atomic mass is 19.1. The Morgan fingerprint density at radius 3 is 2.68 bits per heavy atom. The van der Waals surface area contributed by atoms with Crippen LogP contribution in [0.1, 0.15) is 28.6 Å². The number of amides is 1. The SMILES string of the molecule is O=C(Cc1ccc(F)cc1)N1CCc2[nH]cnc2[C@@H]1c1ccccc1. The first-order valence-corrected chi connectivity index (χ1v) is 8.33. The van der Waals surface area contributed by atoms with Gasteiger partial charge in [0.25, 0.3) is 0 Å². The largest absolute Gasteiger partial charge is 0.348 e. The number of nitrogens with zero attached hydrogens (tertiary/aromatic N) is 2. The number of nitrogens with one attached hydrogen (secondary N) is 1. The average molecular weight is 335 g/mol. The maximum Gasteiger partial charge on any atom is 0.227 e. The number of rotatable bonds is 3. The van der Waals surface area contributed by atoms with Gasteiger partial charge in [-0.05, 0) is 23.3 Å². The van der Waals surface area contributed by atoms with Crippen molar-refractivity contribution in [2.45, 2.75) is 18.9 Å². The summed E-state index contributed by atoms with van der Waals surface area (Å²) in [6, 6.07) is 15.9. The first-order valence-electron chi connectivity index (χ1n) is 8.33. The van der Waals surface area contributed by atoms with Gasteiger partial charge in [0.2, 0.25) is 5.91 Å². The highest BCUT2D eigenvalue weighted by Gasteiger charge is 2.33. The molecule has 4 nitrogen and oxygen atoms in total. The van der Waals surface area contributed by atoms with Crippen molar-refractivity contribution >= 4 is 5.91 Å². The molecule has 3 aromatic rings. The summed E-state index contributed by atoms with van der Waals surface area (Å²) in [5, 5.41) is 0. The Morgan fingerprint density at radius 1 is 1.16 bits per heavy atom. The van der Waals surface area contributed by atoms with Gasteiger partial charge < -0.3 is 9.88 Å². The fourth-order valence-corrected chi connectivity index (χ4v) is 3.40. The van der Waals surface area contributed by atoms with E-state index in [1.165, 1.54) is 12.1 Å². The van der Waals surface area contributed by atoms with Gasteiger partial charge in [0.1, 0.15) is 11.9 Å². The standard InChI is InChI=1S/C20H18FN3O/c21-16-8-6-14(7-9-16)12-18(25)24-11-10-17-19(23-13-22-17)20(24)15-4-2-1-3-5-15/h1-9,13,20H,10-12H2,(H,22,23)/t20-/m0/s1. The Hall–Kier alpha value is -2.95. The highest BCUT2D eigenvalue weighted by Crippen LogP contribution is 2.33. The Balaban J connectivity index is 1.65. The van der Waals surface area contributed by atoms with Gasteiger partial charge in [-0.2, -0.15) is 0 Å². The Bertz CT molecular complexity index is 873. The van der Waals surface area contributed by atoms with E-state index in [4.69, 9.17) is 0 Å². The molecule has 5 heteroatoms. The molecule has 0 saturated carbocycles. The molecule has 0 unspecified atom stereocenters. The van der Waals surface area contributed by atoms with Crippen LogP contribution in [0, 0.1) is 5.82 Å². The summed E-state index contributed by atoms with van der Waals surface area (Å²) in [6.45, 7) is 0.634. The summed E-state index contributed by atoms with van der Waals surface area (Å²) in [7, 11) is 0. The molecule has 1 aliphatic heterocycles. The van der Waals surface area contributed by atoms with Crippen LogP contribution in [0.2, 0.25) is 0 Å². The number of benzene rings is 2. The molecule has 4 rings (SSSR count). The summed E-state index contributed by atoms with van der Waals surface area (Å²) in [4.78, 5) is 22.5. The minimum absolute atomic E-state index is 0.0223. The van der Waals surface area contributed by atoms with Crippen molar-refractivity contribution in [1.29, 1.82) is 0 Å². The second-order valence-corrected chi connectivity index (χ2v) is 6.22. The van der Waals surface area contributed by atoms with Gasteiger partial charge in [0, 0.05) is 18.7 Å². The number of aromatic nitrogens is 2. The lowest BCUT2D eigenvalue weighted by molar-refractivity contribution is -0.132. The summed E-state index contributed by atoms with van der Waals surface area (Å²) in [5.41, 5.74) is 3.85. The predicted octanol–water partition coefficient (Wildman–Crippen LogP) is 3.27. The van der Waals surface area contributed by atoms with E-state index < -0.39 is 0 Å². The maximum atomic E-state index is 13.1. The van der Waals surface area contributed by atoms with Crippen LogP contribution < -0.4 is 0 Å². The van der Waals surface area contributed by atoms with Crippen molar-refractivity contribution in [2.75, 3.05) is 6.54 Å². The second-order valence-electron chi connectivity index (χ2n) is 6.22. The minimum Gasteiger partial charge on any atom is -0.348 e. The number of carbonyl (C=O) groups excluding carboxylic acids is 1. The minimum atomic E-state index is -0.294. The first kappa shape index (κ1) is 15.6.